The molecule has 0 atom stereocenters. The van der Waals surface area contributed by atoms with Crippen molar-refractivity contribution in [3.8, 4) is 17.6 Å². The van der Waals surface area contributed by atoms with E-state index < -0.39 is 0 Å². The SMILES string of the molecule is CN1C(=C(C#N)C(=O)CCC(=O)NCc2cccc3c2OCCO3)N(C)c2ccccc21. The van der Waals surface area contributed by atoms with Crippen LogP contribution in [0.3, 0.4) is 0 Å². The summed E-state index contributed by atoms with van der Waals surface area (Å²) >= 11 is 0. The fourth-order valence-corrected chi connectivity index (χ4v) is 3.96. The number of carbonyl (C=O) groups is 2. The summed E-state index contributed by atoms with van der Waals surface area (Å²) in [4.78, 5) is 28.8. The Kier molecular flexibility index (Phi) is 5.99. The fraction of sp³-hybridized carbons (Fsp3) is 0.292. The molecule has 1 amide bonds. The van der Waals surface area contributed by atoms with Crippen molar-refractivity contribution in [2.45, 2.75) is 19.4 Å². The average Bonchev–Trinajstić information content (AvgIpc) is 3.07. The van der Waals surface area contributed by atoms with Gasteiger partial charge in [-0.2, -0.15) is 5.26 Å². The molecule has 2 aliphatic rings. The van der Waals surface area contributed by atoms with Gasteiger partial charge in [0.25, 0.3) is 0 Å². The number of carbonyl (C=O) groups excluding carboxylic acids is 2. The van der Waals surface area contributed by atoms with E-state index in [9.17, 15) is 14.9 Å². The van der Waals surface area contributed by atoms with Crippen LogP contribution < -0.4 is 24.6 Å². The topological polar surface area (TPSA) is 94.9 Å². The standard InChI is InChI=1S/C24H24N4O4/c1-27-18-7-3-4-8-19(18)28(2)24(27)17(14-25)20(29)10-11-22(30)26-15-16-6-5-9-21-23(16)32-13-12-31-21/h3-9H,10-13,15H2,1-2H3,(H,26,30). The van der Waals surface area contributed by atoms with Crippen molar-refractivity contribution < 1.29 is 19.1 Å². The molecule has 164 valence electrons. The normalized spacial score (nSPS) is 14.0. The van der Waals surface area contributed by atoms with Crippen molar-refractivity contribution in [1.82, 2.24) is 5.32 Å². The van der Waals surface area contributed by atoms with Crippen LogP contribution in [-0.2, 0) is 16.1 Å². The van der Waals surface area contributed by atoms with Gasteiger partial charge in [0, 0.05) is 39.0 Å². The maximum absolute atomic E-state index is 12.8. The Bertz CT molecular complexity index is 1100. The summed E-state index contributed by atoms with van der Waals surface area (Å²) in [6.07, 6.45) is -0.0627. The van der Waals surface area contributed by atoms with Gasteiger partial charge in [-0.05, 0) is 18.2 Å². The van der Waals surface area contributed by atoms with Crippen LogP contribution in [0, 0.1) is 11.3 Å². The number of nitrogens with zero attached hydrogens (tertiary/aromatic N) is 3. The number of hydrogen-bond acceptors (Lipinski definition) is 7. The van der Waals surface area contributed by atoms with E-state index in [1.165, 1.54) is 0 Å². The third-order valence-electron chi connectivity index (χ3n) is 5.56. The number of allylic oxidation sites excluding steroid dienone is 1. The maximum atomic E-state index is 12.8. The van der Waals surface area contributed by atoms with Gasteiger partial charge in [0.15, 0.2) is 17.3 Å². The Balaban J connectivity index is 1.39. The summed E-state index contributed by atoms with van der Waals surface area (Å²) in [6.45, 7) is 1.23. The Morgan fingerprint density at radius 3 is 2.38 bits per heavy atom. The first kappa shape index (κ1) is 21.2. The molecular weight excluding hydrogens is 408 g/mol. The second-order valence-corrected chi connectivity index (χ2v) is 7.56. The summed E-state index contributed by atoms with van der Waals surface area (Å²) in [5.74, 6) is 1.18. The average molecular weight is 432 g/mol. The zero-order valence-corrected chi connectivity index (χ0v) is 18.1. The van der Waals surface area contributed by atoms with Gasteiger partial charge in [0.1, 0.15) is 30.7 Å². The molecule has 0 unspecified atom stereocenters. The molecule has 0 fully saturated rings. The minimum absolute atomic E-state index is 0.00987. The van der Waals surface area contributed by atoms with Gasteiger partial charge in [-0.25, -0.2) is 0 Å². The van der Waals surface area contributed by atoms with Gasteiger partial charge in [-0.15, -0.1) is 0 Å². The summed E-state index contributed by atoms with van der Waals surface area (Å²) in [7, 11) is 3.64. The number of anilines is 2. The molecule has 8 nitrogen and oxygen atoms in total. The van der Waals surface area contributed by atoms with E-state index in [0.29, 0.717) is 30.5 Å². The smallest absolute Gasteiger partial charge is 0.220 e. The lowest BCUT2D eigenvalue weighted by molar-refractivity contribution is -0.124. The highest BCUT2D eigenvalue weighted by atomic mass is 16.6. The number of amides is 1. The zero-order valence-electron chi connectivity index (χ0n) is 18.1. The van der Waals surface area contributed by atoms with E-state index in [1.54, 1.807) is 0 Å². The quantitative estimate of drug-likeness (QED) is 0.554. The lowest BCUT2D eigenvalue weighted by Gasteiger charge is -2.21. The monoisotopic (exact) mass is 432 g/mol. The van der Waals surface area contributed by atoms with Gasteiger partial charge < -0.3 is 24.6 Å². The Hall–Kier alpha value is -3.99. The predicted octanol–water partition coefficient (Wildman–Crippen LogP) is 2.74. The largest absolute Gasteiger partial charge is 0.486 e. The number of nitrogens with one attached hydrogen (secondary N) is 1. The van der Waals surface area contributed by atoms with E-state index in [4.69, 9.17) is 9.47 Å². The Labute approximate surface area is 186 Å². The summed E-state index contributed by atoms with van der Waals surface area (Å²) in [6, 6.07) is 15.3. The molecule has 0 aliphatic carbocycles. The van der Waals surface area contributed by atoms with Crippen molar-refractivity contribution in [2.24, 2.45) is 0 Å². The molecule has 0 spiro atoms. The number of rotatable bonds is 6. The van der Waals surface area contributed by atoms with E-state index in [2.05, 4.69) is 5.32 Å². The van der Waals surface area contributed by atoms with Crippen LogP contribution in [0.15, 0.2) is 53.9 Å². The van der Waals surface area contributed by atoms with Crippen LogP contribution in [-0.4, -0.2) is 39.0 Å². The maximum Gasteiger partial charge on any atom is 0.220 e. The lowest BCUT2D eigenvalue weighted by Crippen LogP contribution is -2.27. The number of hydrogen-bond donors (Lipinski definition) is 1. The minimum atomic E-state index is -0.363. The second-order valence-electron chi connectivity index (χ2n) is 7.56. The third-order valence-corrected chi connectivity index (χ3v) is 5.56. The summed E-state index contributed by atoms with van der Waals surface area (Å²) in [5, 5.41) is 12.5. The first-order valence-corrected chi connectivity index (χ1v) is 10.4. The van der Waals surface area contributed by atoms with Gasteiger partial charge in [-0.1, -0.05) is 24.3 Å². The first-order chi connectivity index (χ1) is 15.5. The molecule has 0 aromatic heterocycles. The van der Waals surface area contributed by atoms with Gasteiger partial charge >= 0.3 is 0 Å². The first-order valence-electron chi connectivity index (χ1n) is 10.4. The number of Topliss-reactive ketones (excluding diaryl/α,β-unsaturated/α-hetero) is 1. The molecule has 2 aromatic rings. The van der Waals surface area contributed by atoms with Crippen molar-refractivity contribution >= 4 is 23.1 Å². The van der Waals surface area contributed by atoms with Crippen molar-refractivity contribution in [2.75, 3.05) is 37.1 Å². The lowest BCUT2D eigenvalue weighted by atomic mass is 10.1. The molecule has 1 N–H and O–H groups in total. The van der Waals surface area contributed by atoms with E-state index in [-0.39, 0.29) is 36.6 Å². The molecule has 0 saturated carbocycles. The number of benzene rings is 2. The molecular formula is C24H24N4O4. The number of ketones is 1. The van der Waals surface area contributed by atoms with E-state index >= 15 is 0 Å². The van der Waals surface area contributed by atoms with Crippen LogP contribution in [0.5, 0.6) is 11.5 Å². The highest BCUT2D eigenvalue weighted by molar-refractivity contribution is 6.03. The number of fused-ring (bicyclic) bond motifs is 2. The number of nitriles is 1. The third kappa shape index (κ3) is 3.97. The summed E-state index contributed by atoms with van der Waals surface area (Å²) < 4.78 is 11.2. The predicted molar refractivity (Wildman–Crippen MR) is 119 cm³/mol. The fourth-order valence-electron chi connectivity index (χ4n) is 3.96. The molecule has 4 rings (SSSR count). The number of para-hydroxylation sites is 3. The molecule has 32 heavy (non-hydrogen) atoms. The van der Waals surface area contributed by atoms with Crippen LogP contribution in [0.25, 0.3) is 0 Å². The Morgan fingerprint density at radius 2 is 1.69 bits per heavy atom. The highest BCUT2D eigenvalue weighted by Crippen LogP contribution is 2.40. The van der Waals surface area contributed by atoms with Gasteiger partial charge in [0.05, 0.1) is 11.4 Å². The van der Waals surface area contributed by atoms with Crippen molar-refractivity contribution in [1.29, 1.82) is 5.26 Å². The van der Waals surface area contributed by atoms with Gasteiger partial charge in [0.2, 0.25) is 5.91 Å². The van der Waals surface area contributed by atoms with Crippen LogP contribution in [0.4, 0.5) is 11.4 Å². The molecule has 2 aliphatic heterocycles. The highest BCUT2D eigenvalue weighted by Gasteiger charge is 2.31. The minimum Gasteiger partial charge on any atom is -0.486 e. The zero-order chi connectivity index (χ0) is 22.7. The van der Waals surface area contributed by atoms with Crippen molar-refractivity contribution in [3.05, 3.63) is 59.4 Å². The molecule has 2 aromatic carbocycles. The number of ether oxygens (including phenoxy) is 2. The van der Waals surface area contributed by atoms with E-state index in [0.717, 1.165) is 16.9 Å². The van der Waals surface area contributed by atoms with E-state index in [1.807, 2.05) is 72.4 Å². The second kappa shape index (κ2) is 9.02. The molecule has 0 bridgehead atoms. The van der Waals surface area contributed by atoms with Crippen molar-refractivity contribution in [3.63, 3.8) is 0 Å². The Morgan fingerprint density at radius 1 is 1.00 bits per heavy atom. The summed E-state index contributed by atoms with van der Waals surface area (Å²) in [5.41, 5.74) is 2.69. The van der Waals surface area contributed by atoms with Crippen LogP contribution in [0.1, 0.15) is 18.4 Å². The molecule has 2 heterocycles. The molecule has 0 radical (unpaired) electrons. The molecule has 8 heteroatoms. The van der Waals surface area contributed by atoms with Crippen LogP contribution >= 0.6 is 0 Å². The van der Waals surface area contributed by atoms with Gasteiger partial charge in [-0.3, -0.25) is 9.59 Å². The van der Waals surface area contributed by atoms with Crippen LogP contribution in [0.2, 0.25) is 0 Å². The molecule has 0 saturated heterocycles.